The number of aromatic nitrogens is 2. The average Bonchev–Trinajstić information content (AvgIpc) is 3.09. The number of ether oxygens (including phenoxy) is 2. The lowest BCUT2D eigenvalue weighted by molar-refractivity contribution is -0.133. The maximum absolute atomic E-state index is 13.4. The van der Waals surface area contributed by atoms with Crippen LogP contribution in [0.1, 0.15) is 28.8 Å². The van der Waals surface area contributed by atoms with Crippen LogP contribution in [0.2, 0.25) is 0 Å². The molecule has 1 aliphatic rings. The van der Waals surface area contributed by atoms with E-state index in [2.05, 4.69) is 0 Å². The van der Waals surface area contributed by atoms with Gasteiger partial charge >= 0.3 is 0 Å². The van der Waals surface area contributed by atoms with E-state index < -0.39 is 0 Å². The molecule has 1 aliphatic heterocycles. The fourth-order valence-corrected chi connectivity index (χ4v) is 4.18. The molecule has 2 aromatic carbocycles. The lowest BCUT2D eigenvalue weighted by Crippen LogP contribution is -2.37. The van der Waals surface area contributed by atoms with Crippen LogP contribution < -0.4 is 10.3 Å². The zero-order chi connectivity index (χ0) is 22.5. The van der Waals surface area contributed by atoms with Crippen molar-refractivity contribution in [2.24, 2.45) is 0 Å². The number of carbonyl (C=O) groups excluding carboxylic acids is 1. The molecule has 0 N–H and O–H groups in total. The number of amides is 1. The van der Waals surface area contributed by atoms with Crippen molar-refractivity contribution in [2.45, 2.75) is 32.5 Å². The third-order valence-electron chi connectivity index (χ3n) is 5.96. The first-order chi connectivity index (χ1) is 15.6. The third kappa shape index (κ3) is 4.62. The molecule has 1 amide bonds. The Labute approximate surface area is 187 Å². The molecule has 0 radical (unpaired) electrons. The van der Waals surface area contributed by atoms with Crippen molar-refractivity contribution in [3.63, 3.8) is 0 Å². The Bertz CT molecular complexity index is 1120. The van der Waals surface area contributed by atoms with E-state index in [0.717, 1.165) is 28.1 Å². The summed E-state index contributed by atoms with van der Waals surface area (Å²) in [6, 6.07) is 17.8. The first kappa shape index (κ1) is 21.9. The van der Waals surface area contributed by atoms with E-state index in [0.29, 0.717) is 45.6 Å². The summed E-state index contributed by atoms with van der Waals surface area (Å²) in [4.78, 5) is 27.8. The van der Waals surface area contributed by atoms with Gasteiger partial charge in [0.05, 0.1) is 45.5 Å². The van der Waals surface area contributed by atoms with Gasteiger partial charge in [-0.1, -0.05) is 42.5 Å². The van der Waals surface area contributed by atoms with Gasteiger partial charge in [0.15, 0.2) is 0 Å². The number of hydrogen-bond donors (Lipinski definition) is 0. The van der Waals surface area contributed by atoms with Gasteiger partial charge in [-0.15, -0.1) is 0 Å². The third-order valence-corrected chi connectivity index (χ3v) is 5.96. The van der Waals surface area contributed by atoms with Crippen molar-refractivity contribution < 1.29 is 14.3 Å². The number of benzene rings is 2. The van der Waals surface area contributed by atoms with Gasteiger partial charge in [0.2, 0.25) is 5.91 Å². The minimum absolute atomic E-state index is 0.0290. The van der Waals surface area contributed by atoms with Gasteiger partial charge < -0.3 is 14.4 Å². The lowest BCUT2D eigenvalue weighted by atomic mass is 10.1. The second-order valence-corrected chi connectivity index (χ2v) is 7.99. The summed E-state index contributed by atoms with van der Waals surface area (Å²) < 4.78 is 14.2. The van der Waals surface area contributed by atoms with Crippen molar-refractivity contribution in [3.8, 4) is 5.75 Å². The SMILES string of the molecule is COCCC(=O)N1CCc2c(n(Cc3ccc(OC)cc3)n(Cc3ccccc3)c2=O)C1. The minimum Gasteiger partial charge on any atom is -0.497 e. The normalized spacial score (nSPS) is 13.1. The van der Waals surface area contributed by atoms with Gasteiger partial charge in [-0.05, 0) is 29.7 Å². The van der Waals surface area contributed by atoms with Crippen LogP contribution in [0.4, 0.5) is 0 Å². The molecule has 168 valence electrons. The van der Waals surface area contributed by atoms with Crippen LogP contribution in [0.25, 0.3) is 0 Å². The highest BCUT2D eigenvalue weighted by atomic mass is 16.5. The van der Waals surface area contributed by atoms with Crippen LogP contribution in [0.3, 0.4) is 0 Å². The fourth-order valence-electron chi connectivity index (χ4n) is 4.18. The van der Waals surface area contributed by atoms with Crippen molar-refractivity contribution in [1.29, 1.82) is 0 Å². The average molecular weight is 436 g/mol. The summed E-state index contributed by atoms with van der Waals surface area (Å²) in [5, 5.41) is 0. The molecular formula is C25H29N3O4. The quantitative estimate of drug-likeness (QED) is 0.546. The topological polar surface area (TPSA) is 65.7 Å². The summed E-state index contributed by atoms with van der Waals surface area (Å²) in [6.45, 7) is 2.42. The van der Waals surface area contributed by atoms with Crippen molar-refractivity contribution in [2.75, 3.05) is 27.4 Å². The highest BCUT2D eigenvalue weighted by Gasteiger charge is 2.28. The number of nitrogens with zero attached hydrogens (tertiary/aromatic N) is 3. The van der Waals surface area contributed by atoms with Crippen LogP contribution in [-0.2, 0) is 35.6 Å². The van der Waals surface area contributed by atoms with Gasteiger partial charge in [0, 0.05) is 19.2 Å². The zero-order valence-corrected chi connectivity index (χ0v) is 18.6. The summed E-state index contributed by atoms with van der Waals surface area (Å²) in [6.07, 6.45) is 0.913. The first-order valence-corrected chi connectivity index (χ1v) is 10.9. The maximum Gasteiger partial charge on any atom is 0.270 e. The summed E-state index contributed by atoms with van der Waals surface area (Å²) >= 11 is 0. The number of hydrogen-bond acceptors (Lipinski definition) is 4. The van der Waals surface area contributed by atoms with E-state index in [-0.39, 0.29) is 11.5 Å². The Morgan fingerprint density at radius 3 is 2.31 bits per heavy atom. The van der Waals surface area contributed by atoms with Crippen LogP contribution in [0, 0.1) is 0 Å². The first-order valence-electron chi connectivity index (χ1n) is 10.9. The molecule has 0 aliphatic carbocycles. The molecule has 7 heteroatoms. The van der Waals surface area contributed by atoms with Crippen LogP contribution in [0.15, 0.2) is 59.4 Å². The summed E-state index contributed by atoms with van der Waals surface area (Å²) in [7, 11) is 3.24. The molecule has 0 fully saturated rings. The van der Waals surface area contributed by atoms with Gasteiger partial charge in [-0.3, -0.25) is 14.3 Å². The van der Waals surface area contributed by atoms with Crippen LogP contribution in [-0.4, -0.2) is 47.5 Å². The molecule has 0 unspecified atom stereocenters. The van der Waals surface area contributed by atoms with Crippen LogP contribution in [0.5, 0.6) is 5.75 Å². The smallest absolute Gasteiger partial charge is 0.270 e. The number of fused-ring (bicyclic) bond motifs is 1. The van der Waals surface area contributed by atoms with Crippen LogP contribution >= 0.6 is 0 Å². The Morgan fingerprint density at radius 2 is 1.62 bits per heavy atom. The minimum atomic E-state index is 0.0290. The molecule has 3 aromatic rings. The molecular weight excluding hydrogens is 406 g/mol. The van der Waals surface area contributed by atoms with Gasteiger partial charge in [0.25, 0.3) is 5.56 Å². The molecule has 0 spiro atoms. The summed E-state index contributed by atoms with van der Waals surface area (Å²) in [5.41, 5.74) is 3.88. The molecule has 0 saturated carbocycles. The maximum atomic E-state index is 13.4. The van der Waals surface area contributed by atoms with Crippen molar-refractivity contribution in [3.05, 3.63) is 87.3 Å². The highest BCUT2D eigenvalue weighted by Crippen LogP contribution is 2.21. The van der Waals surface area contributed by atoms with Crippen molar-refractivity contribution >= 4 is 5.91 Å². The van der Waals surface area contributed by atoms with E-state index >= 15 is 0 Å². The fraction of sp³-hybridized carbons (Fsp3) is 0.360. The number of rotatable bonds is 8. The molecule has 0 saturated heterocycles. The number of carbonyl (C=O) groups is 1. The van der Waals surface area contributed by atoms with Gasteiger partial charge in [-0.2, -0.15) is 0 Å². The molecule has 0 atom stereocenters. The predicted molar refractivity (Wildman–Crippen MR) is 122 cm³/mol. The molecule has 7 nitrogen and oxygen atoms in total. The lowest BCUT2D eigenvalue weighted by Gasteiger charge is -2.28. The van der Waals surface area contributed by atoms with E-state index in [1.807, 2.05) is 68.9 Å². The van der Waals surface area contributed by atoms with E-state index in [1.54, 1.807) is 14.2 Å². The number of methoxy groups -OCH3 is 2. The Balaban J connectivity index is 1.70. The molecule has 0 bridgehead atoms. The van der Waals surface area contributed by atoms with E-state index in [1.165, 1.54) is 0 Å². The largest absolute Gasteiger partial charge is 0.497 e. The Kier molecular flexibility index (Phi) is 6.75. The van der Waals surface area contributed by atoms with E-state index in [9.17, 15) is 9.59 Å². The standard InChI is InChI=1S/C25H29N3O4/c1-31-15-13-24(29)26-14-12-22-23(18-26)27(16-20-8-10-21(32-2)11-9-20)28(25(22)30)17-19-6-4-3-5-7-19/h3-11H,12-18H2,1-2H3. The summed E-state index contributed by atoms with van der Waals surface area (Å²) in [5.74, 6) is 0.844. The monoisotopic (exact) mass is 435 g/mol. The predicted octanol–water partition coefficient (Wildman–Crippen LogP) is 2.68. The molecule has 2 heterocycles. The second-order valence-electron chi connectivity index (χ2n) is 7.99. The molecule has 1 aromatic heterocycles. The highest BCUT2D eigenvalue weighted by molar-refractivity contribution is 5.76. The Morgan fingerprint density at radius 1 is 0.938 bits per heavy atom. The van der Waals surface area contributed by atoms with Gasteiger partial charge in [-0.25, -0.2) is 4.68 Å². The van der Waals surface area contributed by atoms with Gasteiger partial charge in [0.1, 0.15) is 5.75 Å². The van der Waals surface area contributed by atoms with E-state index in [4.69, 9.17) is 9.47 Å². The molecule has 32 heavy (non-hydrogen) atoms. The second kappa shape index (κ2) is 9.87. The van der Waals surface area contributed by atoms with Crippen molar-refractivity contribution in [1.82, 2.24) is 14.3 Å². The zero-order valence-electron chi connectivity index (χ0n) is 18.6. The Hall–Kier alpha value is -3.32. The molecule has 4 rings (SSSR count).